The van der Waals surface area contributed by atoms with Gasteiger partial charge in [-0.25, -0.2) is 0 Å². The first-order chi connectivity index (χ1) is 11.9. The van der Waals surface area contributed by atoms with Gasteiger partial charge in [0.15, 0.2) is 6.10 Å². The Kier molecular flexibility index (Phi) is 6.45. The lowest BCUT2D eigenvalue weighted by molar-refractivity contribution is -0.127. The van der Waals surface area contributed by atoms with E-state index >= 15 is 0 Å². The predicted octanol–water partition coefficient (Wildman–Crippen LogP) is 4.09. The molecule has 4 nitrogen and oxygen atoms in total. The third-order valence-corrected chi connectivity index (χ3v) is 4.11. The van der Waals surface area contributed by atoms with Gasteiger partial charge in [-0.15, -0.1) is 0 Å². The molecule has 0 saturated carbocycles. The van der Waals surface area contributed by atoms with Crippen molar-refractivity contribution in [3.05, 3.63) is 58.7 Å². The minimum absolute atomic E-state index is 0.139. The molecule has 0 aliphatic carbocycles. The summed E-state index contributed by atoms with van der Waals surface area (Å²) in [7, 11) is 0. The lowest BCUT2D eigenvalue weighted by Gasteiger charge is -2.18. The van der Waals surface area contributed by atoms with Crippen molar-refractivity contribution < 1.29 is 14.3 Å². The van der Waals surface area contributed by atoms with Crippen LogP contribution in [0.2, 0.25) is 0 Å². The summed E-state index contributed by atoms with van der Waals surface area (Å²) in [5.41, 5.74) is 4.34. The first kappa shape index (κ1) is 18.8. The fourth-order valence-corrected chi connectivity index (χ4v) is 2.61. The molecular formula is C21H27NO3. The van der Waals surface area contributed by atoms with E-state index < -0.39 is 6.10 Å². The van der Waals surface area contributed by atoms with Crippen LogP contribution in [0.1, 0.15) is 36.1 Å². The van der Waals surface area contributed by atoms with Gasteiger partial charge in [0.1, 0.15) is 11.5 Å². The largest absolute Gasteiger partial charge is 0.494 e. The monoisotopic (exact) mass is 341 g/mol. The van der Waals surface area contributed by atoms with Crippen molar-refractivity contribution in [3.8, 4) is 11.5 Å². The number of ether oxygens (including phenoxy) is 2. The average Bonchev–Trinajstić information content (AvgIpc) is 2.57. The van der Waals surface area contributed by atoms with Gasteiger partial charge < -0.3 is 14.8 Å². The highest BCUT2D eigenvalue weighted by Gasteiger charge is 2.16. The first-order valence-electron chi connectivity index (χ1n) is 8.64. The first-order valence-corrected chi connectivity index (χ1v) is 8.64. The van der Waals surface area contributed by atoms with Gasteiger partial charge in [0.2, 0.25) is 0 Å². The normalized spacial score (nSPS) is 11.7. The van der Waals surface area contributed by atoms with Gasteiger partial charge in [0.05, 0.1) is 6.61 Å². The van der Waals surface area contributed by atoms with Crippen molar-refractivity contribution in [2.45, 2.75) is 47.3 Å². The summed E-state index contributed by atoms with van der Waals surface area (Å²) in [6, 6.07) is 11.8. The van der Waals surface area contributed by atoms with E-state index in [0.29, 0.717) is 13.2 Å². The van der Waals surface area contributed by atoms with Crippen molar-refractivity contribution >= 4 is 5.91 Å². The molecule has 1 atom stereocenters. The fourth-order valence-electron chi connectivity index (χ4n) is 2.61. The van der Waals surface area contributed by atoms with Crippen LogP contribution in [0.5, 0.6) is 11.5 Å². The Labute approximate surface area is 150 Å². The van der Waals surface area contributed by atoms with Crippen molar-refractivity contribution in [1.29, 1.82) is 0 Å². The molecule has 0 aromatic heterocycles. The van der Waals surface area contributed by atoms with Gasteiger partial charge in [-0.2, -0.15) is 0 Å². The Morgan fingerprint density at radius 1 is 1.16 bits per heavy atom. The highest BCUT2D eigenvalue weighted by atomic mass is 16.5. The van der Waals surface area contributed by atoms with Crippen LogP contribution in [0.25, 0.3) is 0 Å². The Morgan fingerprint density at radius 3 is 2.64 bits per heavy atom. The SMILES string of the molecule is CCOc1cccc(CNC(=O)C(C)Oc2cc(C)cc(C)c2C)c1. The number of carbonyl (C=O) groups excluding carboxylic acids is 1. The maximum atomic E-state index is 12.3. The Hall–Kier alpha value is -2.49. The van der Waals surface area contributed by atoms with Crippen molar-refractivity contribution in [2.24, 2.45) is 0 Å². The lowest BCUT2D eigenvalue weighted by Crippen LogP contribution is -2.36. The van der Waals surface area contributed by atoms with Crippen LogP contribution < -0.4 is 14.8 Å². The number of hydrogen-bond donors (Lipinski definition) is 1. The van der Waals surface area contributed by atoms with Gasteiger partial charge >= 0.3 is 0 Å². The van der Waals surface area contributed by atoms with Gasteiger partial charge in [0, 0.05) is 6.54 Å². The molecule has 0 bridgehead atoms. The third-order valence-electron chi connectivity index (χ3n) is 4.11. The summed E-state index contributed by atoms with van der Waals surface area (Å²) in [5, 5.41) is 2.92. The summed E-state index contributed by atoms with van der Waals surface area (Å²) >= 11 is 0. The molecule has 2 rings (SSSR count). The average molecular weight is 341 g/mol. The second kappa shape index (κ2) is 8.56. The molecule has 0 saturated heterocycles. The Morgan fingerprint density at radius 2 is 1.92 bits per heavy atom. The van der Waals surface area contributed by atoms with Crippen LogP contribution >= 0.6 is 0 Å². The smallest absolute Gasteiger partial charge is 0.261 e. The molecule has 134 valence electrons. The number of nitrogens with one attached hydrogen (secondary N) is 1. The molecule has 2 aromatic carbocycles. The molecular weight excluding hydrogens is 314 g/mol. The standard InChI is InChI=1S/C21H27NO3/c1-6-24-19-9-7-8-18(12-19)13-22-21(23)17(5)25-20-11-14(2)10-15(3)16(20)4/h7-12,17H,6,13H2,1-5H3,(H,22,23). The number of hydrogen-bond acceptors (Lipinski definition) is 3. The van der Waals surface area contributed by atoms with Crippen LogP contribution in [0, 0.1) is 20.8 Å². The zero-order valence-corrected chi connectivity index (χ0v) is 15.7. The minimum atomic E-state index is -0.560. The molecule has 4 heteroatoms. The van der Waals surface area contributed by atoms with Gasteiger partial charge in [-0.1, -0.05) is 18.2 Å². The molecule has 25 heavy (non-hydrogen) atoms. The zero-order chi connectivity index (χ0) is 18.4. The number of rotatable bonds is 7. The highest BCUT2D eigenvalue weighted by molar-refractivity contribution is 5.80. The van der Waals surface area contributed by atoms with E-state index in [0.717, 1.165) is 33.8 Å². The van der Waals surface area contributed by atoms with Crippen LogP contribution in [0.4, 0.5) is 0 Å². The summed E-state index contributed by atoms with van der Waals surface area (Å²) in [4.78, 5) is 12.3. The molecule has 1 amide bonds. The van der Waals surface area contributed by atoms with E-state index in [1.54, 1.807) is 6.92 Å². The van der Waals surface area contributed by atoms with Crippen molar-refractivity contribution in [2.75, 3.05) is 6.61 Å². The molecule has 0 aliphatic rings. The zero-order valence-electron chi connectivity index (χ0n) is 15.7. The number of benzene rings is 2. The second-order valence-electron chi connectivity index (χ2n) is 6.26. The lowest BCUT2D eigenvalue weighted by atomic mass is 10.1. The molecule has 0 spiro atoms. The van der Waals surface area contributed by atoms with Gasteiger partial charge in [-0.05, 0) is 75.1 Å². The topological polar surface area (TPSA) is 47.6 Å². The highest BCUT2D eigenvalue weighted by Crippen LogP contribution is 2.24. The quantitative estimate of drug-likeness (QED) is 0.825. The molecule has 0 heterocycles. The van der Waals surface area contributed by atoms with Gasteiger partial charge in [-0.3, -0.25) is 4.79 Å². The van der Waals surface area contributed by atoms with Crippen LogP contribution in [-0.4, -0.2) is 18.6 Å². The fraction of sp³-hybridized carbons (Fsp3) is 0.381. The molecule has 1 N–H and O–H groups in total. The Bertz CT molecular complexity index is 740. The van der Waals surface area contributed by atoms with E-state index in [9.17, 15) is 4.79 Å². The van der Waals surface area contributed by atoms with Crippen LogP contribution in [0.15, 0.2) is 36.4 Å². The maximum Gasteiger partial charge on any atom is 0.261 e. The number of carbonyl (C=O) groups is 1. The van der Waals surface area contributed by atoms with E-state index in [1.807, 2.05) is 58.0 Å². The van der Waals surface area contributed by atoms with E-state index in [2.05, 4.69) is 11.4 Å². The van der Waals surface area contributed by atoms with Crippen LogP contribution in [-0.2, 0) is 11.3 Å². The molecule has 1 unspecified atom stereocenters. The summed E-state index contributed by atoms with van der Waals surface area (Å²) in [6.07, 6.45) is -0.560. The number of aryl methyl sites for hydroxylation is 2. The van der Waals surface area contributed by atoms with Crippen molar-refractivity contribution in [3.63, 3.8) is 0 Å². The van der Waals surface area contributed by atoms with Crippen LogP contribution in [0.3, 0.4) is 0 Å². The molecule has 0 fully saturated rings. The van der Waals surface area contributed by atoms with Crippen molar-refractivity contribution in [1.82, 2.24) is 5.32 Å². The van der Waals surface area contributed by atoms with E-state index in [4.69, 9.17) is 9.47 Å². The minimum Gasteiger partial charge on any atom is -0.494 e. The molecule has 0 aliphatic heterocycles. The van der Waals surface area contributed by atoms with E-state index in [-0.39, 0.29) is 5.91 Å². The Balaban J connectivity index is 1.96. The summed E-state index contributed by atoms with van der Waals surface area (Å²) < 4.78 is 11.4. The maximum absolute atomic E-state index is 12.3. The van der Waals surface area contributed by atoms with E-state index in [1.165, 1.54) is 0 Å². The number of amides is 1. The predicted molar refractivity (Wildman–Crippen MR) is 100 cm³/mol. The second-order valence-corrected chi connectivity index (χ2v) is 6.26. The summed E-state index contributed by atoms with van der Waals surface area (Å²) in [6.45, 7) is 10.9. The summed E-state index contributed by atoms with van der Waals surface area (Å²) in [5.74, 6) is 1.43. The molecule has 2 aromatic rings. The molecule has 0 radical (unpaired) electrons. The third kappa shape index (κ3) is 5.24. The van der Waals surface area contributed by atoms with Gasteiger partial charge in [0.25, 0.3) is 5.91 Å².